The minimum absolute atomic E-state index is 0.0729. The third kappa shape index (κ3) is 2.68. The molecule has 2 aromatic rings. The van der Waals surface area contributed by atoms with E-state index in [0.717, 1.165) is 31.5 Å². The van der Waals surface area contributed by atoms with Crippen molar-refractivity contribution in [3.8, 4) is 0 Å². The molecule has 0 bridgehead atoms. The van der Waals surface area contributed by atoms with Crippen LogP contribution in [0.25, 0.3) is 0 Å². The second kappa shape index (κ2) is 5.83. The maximum atomic E-state index is 13.8. The zero-order valence-electron chi connectivity index (χ0n) is 15.5. The fourth-order valence-corrected chi connectivity index (χ4v) is 4.76. The van der Waals surface area contributed by atoms with E-state index in [-0.39, 0.29) is 22.8 Å². The molecule has 2 aliphatic heterocycles. The van der Waals surface area contributed by atoms with Crippen LogP contribution in [0.2, 0.25) is 0 Å². The highest BCUT2D eigenvalue weighted by Crippen LogP contribution is 2.47. The molecule has 1 unspecified atom stereocenters. The number of benzene rings is 1. The molecule has 2 aliphatic rings. The number of carbonyl (C=O) groups is 1. The van der Waals surface area contributed by atoms with Crippen LogP contribution in [-0.2, 0) is 0 Å². The number of carbonyl (C=O) groups excluding carboxylic acids is 1. The summed E-state index contributed by atoms with van der Waals surface area (Å²) in [6.07, 6.45) is 2.76. The maximum absolute atomic E-state index is 13.8. The summed E-state index contributed by atoms with van der Waals surface area (Å²) >= 11 is 0. The van der Waals surface area contributed by atoms with Gasteiger partial charge in [-0.2, -0.15) is 0 Å². The van der Waals surface area contributed by atoms with E-state index in [1.807, 2.05) is 11.0 Å². The minimum Gasteiger partial charge on any atom is -0.364 e. The summed E-state index contributed by atoms with van der Waals surface area (Å²) in [6.45, 7) is 7.53. The van der Waals surface area contributed by atoms with Gasteiger partial charge in [-0.1, -0.05) is 11.2 Å². The van der Waals surface area contributed by atoms with Crippen molar-refractivity contribution in [2.24, 2.45) is 0 Å². The van der Waals surface area contributed by atoms with E-state index in [1.54, 1.807) is 25.1 Å². The third-order valence-electron chi connectivity index (χ3n) is 5.75. The molecule has 1 atom stereocenters. The Labute approximate surface area is 152 Å². The van der Waals surface area contributed by atoms with Crippen molar-refractivity contribution in [1.82, 2.24) is 10.1 Å². The van der Waals surface area contributed by atoms with Crippen LogP contribution in [0.5, 0.6) is 0 Å². The van der Waals surface area contributed by atoms with Crippen LogP contribution in [-0.4, -0.2) is 40.1 Å². The topological polar surface area (TPSA) is 49.6 Å². The second-order valence-corrected chi connectivity index (χ2v) is 8.16. The fourth-order valence-electron chi connectivity index (χ4n) is 4.76. The Morgan fingerprint density at radius 1 is 1.31 bits per heavy atom. The van der Waals surface area contributed by atoms with E-state index in [9.17, 15) is 9.18 Å². The van der Waals surface area contributed by atoms with Crippen molar-refractivity contribution in [3.05, 3.63) is 47.6 Å². The molecule has 1 amide bonds. The number of aromatic nitrogens is 1. The number of likely N-dealkylation sites (tertiary alicyclic amines) is 1. The fraction of sp³-hybridized carbons (Fsp3) is 0.500. The molecule has 6 heteroatoms. The Balaban J connectivity index is 1.66. The van der Waals surface area contributed by atoms with Crippen LogP contribution >= 0.6 is 0 Å². The first-order valence-electron chi connectivity index (χ1n) is 9.09. The monoisotopic (exact) mass is 357 g/mol. The van der Waals surface area contributed by atoms with Crippen molar-refractivity contribution in [2.45, 2.75) is 51.1 Å². The predicted octanol–water partition coefficient (Wildman–Crippen LogP) is 3.79. The summed E-state index contributed by atoms with van der Waals surface area (Å²) in [5.41, 5.74) is 0.810. The van der Waals surface area contributed by atoms with Gasteiger partial charge >= 0.3 is 0 Å². The van der Waals surface area contributed by atoms with Crippen molar-refractivity contribution < 1.29 is 13.7 Å². The largest absolute Gasteiger partial charge is 0.364 e. The highest BCUT2D eigenvalue weighted by Gasteiger charge is 2.55. The maximum Gasteiger partial charge on any atom is 0.276 e. The zero-order chi connectivity index (χ0) is 18.5. The Bertz CT molecular complexity index is 847. The zero-order valence-corrected chi connectivity index (χ0v) is 15.5. The summed E-state index contributed by atoms with van der Waals surface area (Å²) in [6, 6.07) is 8.40. The average Bonchev–Trinajstić information content (AvgIpc) is 3.25. The van der Waals surface area contributed by atoms with E-state index in [4.69, 9.17) is 4.52 Å². The van der Waals surface area contributed by atoms with Gasteiger partial charge in [-0.3, -0.25) is 4.79 Å². The van der Waals surface area contributed by atoms with Crippen molar-refractivity contribution >= 4 is 11.6 Å². The third-order valence-corrected chi connectivity index (χ3v) is 5.75. The number of hydrogen-bond donors (Lipinski definition) is 0. The number of aryl methyl sites for hydroxylation is 1. The van der Waals surface area contributed by atoms with E-state index in [1.165, 1.54) is 6.07 Å². The van der Waals surface area contributed by atoms with Crippen LogP contribution in [0.15, 0.2) is 34.9 Å². The molecule has 5 nitrogen and oxygen atoms in total. The SMILES string of the molecule is Cc1cc(C(=O)N2CCCC23CN(c2cccc(F)c2)C(C)(C)C3)no1. The molecule has 0 N–H and O–H groups in total. The van der Waals surface area contributed by atoms with Crippen molar-refractivity contribution in [1.29, 1.82) is 0 Å². The number of hydrogen-bond acceptors (Lipinski definition) is 4. The number of rotatable bonds is 2. The number of amides is 1. The van der Waals surface area contributed by atoms with Crippen LogP contribution in [0.1, 0.15) is 49.4 Å². The van der Waals surface area contributed by atoms with E-state index >= 15 is 0 Å². The highest BCUT2D eigenvalue weighted by molar-refractivity contribution is 5.93. The van der Waals surface area contributed by atoms with Gasteiger partial charge in [0.1, 0.15) is 11.6 Å². The van der Waals surface area contributed by atoms with Crippen LogP contribution < -0.4 is 4.90 Å². The summed E-state index contributed by atoms with van der Waals surface area (Å²) in [4.78, 5) is 17.3. The van der Waals surface area contributed by atoms with Gasteiger partial charge < -0.3 is 14.3 Å². The lowest BCUT2D eigenvalue weighted by Crippen LogP contribution is -2.49. The van der Waals surface area contributed by atoms with Gasteiger partial charge in [0.15, 0.2) is 5.69 Å². The molecule has 1 aromatic carbocycles. The number of anilines is 1. The first-order chi connectivity index (χ1) is 12.3. The molecule has 0 saturated carbocycles. The summed E-state index contributed by atoms with van der Waals surface area (Å²) < 4.78 is 18.9. The van der Waals surface area contributed by atoms with Gasteiger partial charge in [-0.15, -0.1) is 0 Å². The first-order valence-corrected chi connectivity index (χ1v) is 9.09. The Hall–Kier alpha value is -2.37. The predicted molar refractivity (Wildman–Crippen MR) is 96.7 cm³/mol. The van der Waals surface area contributed by atoms with E-state index in [0.29, 0.717) is 18.0 Å². The smallest absolute Gasteiger partial charge is 0.276 e. The Morgan fingerprint density at radius 2 is 2.12 bits per heavy atom. The molecule has 0 radical (unpaired) electrons. The molecule has 26 heavy (non-hydrogen) atoms. The second-order valence-electron chi connectivity index (χ2n) is 8.16. The molecule has 1 spiro atoms. The summed E-state index contributed by atoms with van der Waals surface area (Å²) in [7, 11) is 0. The molecular weight excluding hydrogens is 333 g/mol. The highest BCUT2D eigenvalue weighted by atomic mass is 19.1. The average molecular weight is 357 g/mol. The summed E-state index contributed by atoms with van der Waals surface area (Å²) in [5, 5.41) is 3.91. The Kier molecular flexibility index (Phi) is 3.82. The van der Waals surface area contributed by atoms with E-state index in [2.05, 4.69) is 23.9 Å². The minimum atomic E-state index is -0.250. The molecule has 138 valence electrons. The van der Waals surface area contributed by atoms with Crippen LogP contribution in [0.4, 0.5) is 10.1 Å². The normalized spacial score (nSPS) is 24.6. The summed E-state index contributed by atoms with van der Waals surface area (Å²) in [5.74, 6) is 0.322. The molecule has 3 heterocycles. The Morgan fingerprint density at radius 3 is 2.81 bits per heavy atom. The molecule has 4 rings (SSSR count). The van der Waals surface area contributed by atoms with Gasteiger partial charge in [-0.05, 0) is 58.2 Å². The quantitative estimate of drug-likeness (QED) is 0.821. The number of nitrogens with zero attached hydrogens (tertiary/aromatic N) is 3. The molecule has 1 aromatic heterocycles. The van der Waals surface area contributed by atoms with Gasteiger partial charge in [0, 0.05) is 30.4 Å². The van der Waals surface area contributed by atoms with Crippen molar-refractivity contribution in [3.63, 3.8) is 0 Å². The molecule has 0 aliphatic carbocycles. The van der Waals surface area contributed by atoms with Crippen LogP contribution in [0, 0.1) is 12.7 Å². The van der Waals surface area contributed by atoms with Gasteiger partial charge in [0.2, 0.25) is 0 Å². The van der Waals surface area contributed by atoms with Gasteiger partial charge in [-0.25, -0.2) is 4.39 Å². The number of halogens is 1. The van der Waals surface area contributed by atoms with E-state index < -0.39 is 0 Å². The van der Waals surface area contributed by atoms with Gasteiger partial charge in [0.05, 0.1) is 5.54 Å². The van der Waals surface area contributed by atoms with Crippen LogP contribution in [0.3, 0.4) is 0 Å². The van der Waals surface area contributed by atoms with Gasteiger partial charge in [0.25, 0.3) is 5.91 Å². The molecule has 2 fully saturated rings. The lowest BCUT2D eigenvalue weighted by Gasteiger charge is -2.34. The standard InChI is InChI=1S/C20H24FN3O2/c1-14-10-17(22-26-14)18(25)23-9-5-8-20(23)12-19(2,3)24(13-20)16-7-4-6-15(21)11-16/h4,6-7,10-11H,5,8-9,12-13H2,1-3H3. The lowest BCUT2D eigenvalue weighted by atomic mass is 9.87. The first kappa shape index (κ1) is 17.1. The lowest BCUT2D eigenvalue weighted by molar-refractivity contribution is 0.0606. The molecular formula is C20H24FN3O2. The van der Waals surface area contributed by atoms with Crippen molar-refractivity contribution in [2.75, 3.05) is 18.0 Å². The molecule has 2 saturated heterocycles.